The first-order valence-corrected chi connectivity index (χ1v) is 6.60. The highest BCUT2D eigenvalue weighted by Gasteiger charge is 2.23. The second kappa shape index (κ2) is 7.88. The summed E-state index contributed by atoms with van der Waals surface area (Å²) in [4.78, 5) is 34.5. The Morgan fingerprint density at radius 3 is 2.30 bits per heavy atom. The zero-order valence-electron chi connectivity index (χ0n) is 12.4. The summed E-state index contributed by atoms with van der Waals surface area (Å²) in [5.74, 6) is -1.13. The van der Waals surface area contributed by atoms with Gasteiger partial charge in [-0.2, -0.15) is 0 Å². The fraction of sp³-hybridized carbons (Fsp3) is 0.125. The van der Waals surface area contributed by atoms with E-state index in [0.717, 1.165) is 6.07 Å². The molecular formula is C16H13BNO5. The van der Waals surface area contributed by atoms with Gasteiger partial charge in [0, 0.05) is 20.0 Å². The molecule has 0 saturated heterocycles. The Morgan fingerprint density at radius 2 is 1.74 bits per heavy atom. The number of nitro benzene ring substituents is 1. The quantitative estimate of drug-likeness (QED) is 0.278. The Morgan fingerprint density at radius 1 is 1.09 bits per heavy atom. The molecule has 0 N–H and O–H groups in total. The minimum atomic E-state index is -0.682. The van der Waals surface area contributed by atoms with E-state index in [9.17, 15) is 19.7 Å². The number of rotatable bonds is 5. The van der Waals surface area contributed by atoms with E-state index in [0.29, 0.717) is 5.56 Å². The molecule has 0 amide bonds. The second-order valence-electron chi connectivity index (χ2n) is 4.40. The maximum atomic E-state index is 12.4. The molecular weight excluding hydrogens is 297 g/mol. The molecule has 3 radical (unpaired) electrons. The number of nitrogens with zero attached hydrogens (tertiary/aromatic N) is 1. The van der Waals surface area contributed by atoms with Crippen LogP contribution >= 0.6 is 0 Å². The number of hydrogen-bond acceptors (Lipinski definition) is 5. The zero-order chi connectivity index (χ0) is 16.1. The lowest BCUT2D eigenvalue weighted by atomic mass is 10.00. The third-order valence-corrected chi connectivity index (χ3v) is 2.99. The molecule has 6 nitrogen and oxygen atoms in total. The number of esters is 1. The predicted molar refractivity (Wildman–Crippen MR) is 84.7 cm³/mol. The van der Waals surface area contributed by atoms with Crippen molar-refractivity contribution in [2.24, 2.45) is 0 Å². The van der Waals surface area contributed by atoms with Crippen LogP contribution in [0.1, 0.15) is 33.2 Å². The number of ketones is 1. The SMILES string of the molecule is CCOC(=O)c1ccc(C(=O)c2ccccc2)c([N+](=O)[O-])c1.[B]. The minimum Gasteiger partial charge on any atom is -0.462 e. The lowest BCUT2D eigenvalue weighted by Crippen LogP contribution is -2.09. The van der Waals surface area contributed by atoms with Crippen molar-refractivity contribution in [3.8, 4) is 0 Å². The molecule has 0 unspecified atom stereocenters. The van der Waals surface area contributed by atoms with Crippen molar-refractivity contribution in [3.05, 3.63) is 75.3 Å². The third-order valence-electron chi connectivity index (χ3n) is 2.99. The lowest BCUT2D eigenvalue weighted by Gasteiger charge is -2.05. The topological polar surface area (TPSA) is 86.5 Å². The number of carbonyl (C=O) groups is 2. The fourth-order valence-corrected chi connectivity index (χ4v) is 1.96. The summed E-state index contributed by atoms with van der Waals surface area (Å²) in [6.07, 6.45) is 0. The third kappa shape index (κ3) is 4.03. The van der Waals surface area contributed by atoms with E-state index < -0.39 is 22.4 Å². The van der Waals surface area contributed by atoms with E-state index in [4.69, 9.17) is 4.74 Å². The van der Waals surface area contributed by atoms with Crippen molar-refractivity contribution < 1.29 is 19.2 Å². The molecule has 0 aliphatic carbocycles. The van der Waals surface area contributed by atoms with Crippen molar-refractivity contribution in [1.29, 1.82) is 0 Å². The Kier molecular flexibility index (Phi) is 6.20. The molecule has 7 heteroatoms. The van der Waals surface area contributed by atoms with Gasteiger partial charge in [-0.1, -0.05) is 30.3 Å². The van der Waals surface area contributed by atoms with Crippen molar-refractivity contribution >= 4 is 25.9 Å². The summed E-state index contributed by atoms with van der Waals surface area (Å²) in [5.41, 5.74) is -0.101. The van der Waals surface area contributed by atoms with Gasteiger partial charge in [0.25, 0.3) is 5.69 Å². The first-order chi connectivity index (χ1) is 10.5. The molecule has 2 aromatic carbocycles. The van der Waals surface area contributed by atoms with Crippen LogP contribution in [-0.2, 0) is 4.74 Å². The molecule has 0 saturated carbocycles. The van der Waals surface area contributed by atoms with Gasteiger partial charge < -0.3 is 4.74 Å². The summed E-state index contributed by atoms with van der Waals surface area (Å²) >= 11 is 0. The van der Waals surface area contributed by atoms with Gasteiger partial charge in [0.1, 0.15) is 5.56 Å². The largest absolute Gasteiger partial charge is 0.462 e. The van der Waals surface area contributed by atoms with Crippen LogP contribution in [0.5, 0.6) is 0 Å². The number of benzene rings is 2. The number of nitro groups is 1. The second-order valence-corrected chi connectivity index (χ2v) is 4.40. The van der Waals surface area contributed by atoms with Gasteiger partial charge in [0.2, 0.25) is 0 Å². The molecule has 0 atom stereocenters. The van der Waals surface area contributed by atoms with Crippen LogP contribution in [-0.4, -0.2) is 31.7 Å². The van der Waals surface area contributed by atoms with Crippen molar-refractivity contribution in [1.82, 2.24) is 0 Å². The first kappa shape index (κ1) is 18.1. The maximum absolute atomic E-state index is 12.4. The van der Waals surface area contributed by atoms with Gasteiger partial charge in [-0.15, -0.1) is 0 Å². The zero-order valence-corrected chi connectivity index (χ0v) is 12.4. The van der Waals surface area contributed by atoms with Crippen LogP contribution < -0.4 is 0 Å². The van der Waals surface area contributed by atoms with E-state index in [2.05, 4.69) is 0 Å². The Labute approximate surface area is 134 Å². The highest BCUT2D eigenvalue weighted by molar-refractivity contribution is 6.12. The van der Waals surface area contributed by atoms with Gasteiger partial charge in [0.05, 0.1) is 17.1 Å². The standard InChI is InChI=1S/C16H13NO5.B/c1-2-22-16(19)12-8-9-13(14(10-12)17(20)21)15(18)11-6-4-3-5-7-11;/h3-10H,2H2,1H3;. The molecule has 0 bridgehead atoms. The molecule has 115 valence electrons. The van der Waals surface area contributed by atoms with Crippen LogP contribution in [0.2, 0.25) is 0 Å². The molecule has 23 heavy (non-hydrogen) atoms. The van der Waals surface area contributed by atoms with E-state index in [-0.39, 0.29) is 26.1 Å². The average molecular weight is 310 g/mol. The molecule has 0 heterocycles. The fourth-order valence-electron chi connectivity index (χ4n) is 1.96. The number of hydrogen-bond donors (Lipinski definition) is 0. The van der Waals surface area contributed by atoms with Crippen molar-refractivity contribution in [2.45, 2.75) is 6.92 Å². The van der Waals surface area contributed by atoms with Crippen molar-refractivity contribution in [3.63, 3.8) is 0 Å². The highest BCUT2D eigenvalue weighted by Crippen LogP contribution is 2.23. The smallest absolute Gasteiger partial charge is 0.338 e. The molecule has 0 fully saturated rings. The van der Waals surface area contributed by atoms with E-state index in [1.54, 1.807) is 37.3 Å². The maximum Gasteiger partial charge on any atom is 0.338 e. The highest BCUT2D eigenvalue weighted by atomic mass is 16.6. The molecule has 0 aromatic heterocycles. The Hall–Kier alpha value is -2.96. The van der Waals surface area contributed by atoms with Crippen LogP contribution in [0.25, 0.3) is 0 Å². The van der Waals surface area contributed by atoms with Crippen LogP contribution in [0, 0.1) is 10.1 Å². The summed E-state index contributed by atoms with van der Waals surface area (Å²) in [7, 11) is 0. The van der Waals surface area contributed by atoms with E-state index in [1.165, 1.54) is 12.1 Å². The van der Waals surface area contributed by atoms with Crippen LogP contribution in [0.4, 0.5) is 5.69 Å². The molecule has 2 rings (SSSR count). The summed E-state index contributed by atoms with van der Waals surface area (Å²) in [5, 5.41) is 11.2. The number of ether oxygens (including phenoxy) is 1. The average Bonchev–Trinajstić information content (AvgIpc) is 2.54. The molecule has 0 aliphatic rings. The normalized spacial score (nSPS) is 9.61. The lowest BCUT2D eigenvalue weighted by molar-refractivity contribution is -0.385. The number of carbonyl (C=O) groups excluding carboxylic acids is 2. The summed E-state index contributed by atoms with van der Waals surface area (Å²) in [6.45, 7) is 1.80. The summed E-state index contributed by atoms with van der Waals surface area (Å²) in [6, 6.07) is 11.9. The Bertz CT molecular complexity index is 731. The van der Waals surface area contributed by atoms with Crippen LogP contribution in [0.15, 0.2) is 48.5 Å². The summed E-state index contributed by atoms with van der Waals surface area (Å²) < 4.78 is 4.80. The molecule has 2 aromatic rings. The predicted octanol–water partition coefficient (Wildman–Crippen LogP) is 2.62. The van der Waals surface area contributed by atoms with Crippen molar-refractivity contribution in [2.75, 3.05) is 6.61 Å². The minimum absolute atomic E-state index is 0. The van der Waals surface area contributed by atoms with Gasteiger partial charge in [-0.25, -0.2) is 4.79 Å². The monoisotopic (exact) mass is 310 g/mol. The van der Waals surface area contributed by atoms with E-state index >= 15 is 0 Å². The van der Waals surface area contributed by atoms with Gasteiger partial charge in [-0.05, 0) is 19.1 Å². The first-order valence-electron chi connectivity index (χ1n) is 6.60. The van der Waals surface area contributed by atoms with Crippen LogP contribution in [0.3, 0.4) is 0 Å². The van der Waals surface area contributed by atoms with Gasteiger partial charge in [-0.3, -0.25) is 14.9 Å². The van der Waals surface area contributed by atoms with Gasteiger partial charge in [0.15, 0.2) is 5.78 Å². The van der Waals surface area contributed by atoms with Gasteiger partial charge >= 0.3 is 5.97 Å². The molecule has 0 spiro atoms. The van der Waals surface area contributed by atoms with E-state index in [1.807, 2.05) is 0 Å². The Balaban J connectivity index is 0.00000264. The molecule has 0 aliphatic heterocycles.